The third-order valence-electron chi connectivity index (χ3n) is 1.72. The van der Waals surface area contributed by atoms with E-state index in [0.29, 0.717) is 4.47 Å². The Kier molecular flexibility index (Phi) is 4.96. The van der Waals surface area contributed by atoms with E-state index in [2.05, 4.69) is 20.7 Å². The minimum absolute atomic E-state index is 0.262. The molecule has 0 heterocycles. The molecule has 0 aliphatic rings. The second-order valence-corrected chi connectivity index (χ2v) is 4.16. The fraction of sp³-hybridized carbons (Fsp3) is 0.182. The van der Waals surface area contributed by atoms with Crippen LogP contribution in [0.3, 0.4) is 0 Å². The normalized spacial score (nSPS) is 10.8. The van der Waals surface area contributed by atoms with E-state index >= 15 is 0 Å². The van der Waals surface area contributed by atoms with Gasteiger partial charge in [0.25, 0.3) is 0 Å². The van der Waals surface area contributed by atoms with E-state index in [1.54, 1.807) is 13.0 Å². The predicted molar refractivity (Wildman–Crippen MR) is 64.8 cm³/mol. The number of ether oxygens (including phenoxy) is 1. The van der Waals surface area contributed by atoms with E-state index in [0.717, 1.165) is 0 Å². The summed E-state index contributed by atoms with van der Waals surface area (Å²) in [6.45, 7) is 1.98. The SMILES string of the molecule is CCOC(=O)C=Cc1c(F)cc(Cl)cc1Br. The number of hydrogen-bond donors (Lipinski definition) is 0. The largest absolute Gasteiger partial charge is 0.463 e. The lowest BCUT2D eigenvalue weighted by Gasteiger charge is -2.01. The van der Waals surface area contributed by atoms with Crippen LogP contribution in [-0.2, 0) is 9.53 Å². The maximum Gasteiger partial charge on any atom is 0.330 e. The molecule has 0 saturated carbocycles. The zero-order chi connectivity index (χ0) is 12.1. The molecule has 86 valence electrons. The first kappa shape index (κ1) is 13.2. The summed E-state index contributed by atoms with van der Waals surface area (Å²) in [7, 11) is 0. The minimum atomic E-state index is -0.510. The van der Waals surface area contributed by atoms with Gasteiger partial charge in [0.1, 0.15) is 5.82 Å². The number of benzene rings is 1. The second-order valence-electron chi connectivity index (χ2n) is 2.87. The number of halogens is 3. The molecule has 1 aromatic rings. The summed E-state index contributed by atoms with van der Waals surface area (Å²) in [6, 6.07) is 2.73. The summed E-state index contributed by atoms with van der Waals surface area (Å²) in [5.41, 5.74) is 0.262. The third-order valence-corrected chi connectivity index (χ3v) is 2.59. The third kappa shape index (κ3) is 3.61. The monoisotopic (exact) mass is 306 g/mol. The average Bonchev–Trinajstić information content (AvgIpc) is 2.16. The first-order valence-electron chi connectivity index (χ1n) is 4.54. The molecular weight excluding hydrogens is 298 g/mol. The molecule has 0 spiro atoms. The van der Waals surface area contributed by atoms with Gasteiger partial charge in [0, 0.05) is 21.1 Å². The highest BCUT2D eigenvalue weighted by molar-refractivity contribution is 9.10. The number of esters is 1. The molecule has 0 aromatic heterocycles. The molecule has 2 nitrogen and oxygen atoms in total. The van der Waals surface area contributed by atoms with Crippen LogP contribution in [0.5, 0.6) is 0 Å². The average molecular weight is 308 g/mol. The highest BCUT2D eigenvalue weighted by Crippen LogP contribution is 2.25. The predicted octanol–water partition coefficient (Wildman–Crippen LogP) is 3.82. The highest BCUT2D eigenvalue weighted by atomic mass is 79.9. The molecule has 0 aliphatic carbocycles. The molecule has 0 amide bonds. The van der Waals surface area contributed by atoms with Crippen molar-refractivity contribution in [2.75, 3.05) is 6.61 Å². The molecule has 0 N–H and O–H groups in total. The van der Waals surface area contributed by atoms with Gasteiger partial charge in [-0.3, -0.25) is 0 Å². The Labute approximate surface area is 106 Å². The Morgan fingerprint density at radius 2 is 2.31 bits per heavy atom. The van der Waals surface area contributed by atoms with Crippen LogP contribution in [0.15, 0.2) is 22.7 Å². The van der Waals surface area contributed by atoms with Crippen molar-refractivity contribution in [3.05, 3.63) is 39.1 Å². The van der Waals surface area contributed by atoms with Gasteiger partial charge in [0.15, 0.2) is 0 Å². The topological polar surface area (TPSA) is 26.3 Å². The highest BCUT2D eigenvalue weighted by Gasteiger charge is 2.06. The lowest BCUT2D eigenvalue weighted by Crippen LogP contribution is -1.99. The van der Waals surface area contributed by atoms with Crippen molar-refractivity contribution in [2.45, 2.75) is 6.92 Å². The zero-order valence-corrected chi connectivity index (χ0v) is 10.8. The van der Waals surface area contributed by atoms with Crippen molar-refractivity contribution < 1.29 is 13.9 Å². The first-order valence-corrected chi connectivity index (χ1v) is 5.71. The summed E-state index contributed by atoms with van der Waals surface area (Å²) in [4.78, 5) is 11.0. The number of rotatable bonds is 3. The van der Waals surface area contributed by atoms with Crippen molar-refractivity contribution in [1.82, 2.24) is 0 Å². The molecule has 0 saturated heterocycles. The summed E-state index contributed by atoms with van der Waals surface area (Å²) in [5.74, 6) is -1.01. The minimum Gasteiger partial charge on any atom is -0.463 e. The van der Waals surface area contributed by atoms with Gasteiger partial charge < -0.3 is 4.74 Å². The van der Waals surface area contributed by atoms with Crippen LogP contribution in [0.25, 0.3) is 6.08 Å². The second kappa shape index (κ2) is 6.01. The molecule has 0 radical (unpaired) electrons. The molecule has 1 rings (SSSR count). The quantitative estimate of drug-likeness (QED) is 0.627. The fourth-order valence-electron chi connectivity index (χ4n) is 1.05. The Bertz CT molecular complexity index is 409. The van der Waals surface area contributed by atoms with Gasteiger partial charge in [-0.1, -0.05) is 27.5 Å². The van der Waals surface area contributed by atoms with Gasteiger partial charge in [-0.2, -0.15) is 0 Å². The van der Waals surface area contributed by atoms with E-state index in [1.807, 2.05) is 0 Å². The van der Waals surface area contributed by atoms with Gasteiger partial charge in [0.2, 0.25) is 0 Å². The molecule has 16 heavy (non-hydrogen) atoms. The molecule has 0 bridgehead atoms. The summed E-state index contributed by atoms with van der Waals surface area (Å²) >= 11 is 8.81. The van der Waals surface area contributed by atoms with Crippen molar-refractivity contribution in [1.29, 1.82) is 0 Å². The summed E-state index contributed by atoms with van der Waals surface area (Å²) in [5, 5.41) is 0.289. The lowest BCUT2D eigenvalue weighted by molar-refractivity contribution is -0.137. The first-order chi connectivity index (χ1) is 7.54. The fourth-order valence-corrected chi connectivity index (χ4v) is 1.96. The Morgan fingerprint density at radius 3 is 2.88 bits per heavy atom. The summed E-state index contributed by atoms with van der Waals surface area (Å²) < 4.78 is 18.6. The van der Waals surface area contributed by atoms with Crippen molar-refractivity contribution in [3.8, 4) is 0 Å². The maximum absolute atomic E-state index is 13.4. The van der Waals surface area contributed by atoms with Crippen molar-refractivity contribution in [2.24, 2.45) is 0 Å². The van der Waals surface area contributed by atoms with Crippen LogP contribution in [0.2, 0.25) is 5.02 Å². The zero-order valence-electron chi connectivity index (χ0n) is 8.47. The van der Waals surface area contributed by atoms with Gasteiger partial charge in [0.05, 0.1) is 6.61 Å². The molecule has 5 heteroatoms. The summed E-state index contributed by atoms with van der Waals surface area (Å²) in [6.07, 6.45) is 2.51. The number of carbonyl (C=O) groups is 1. The number of carbonyl (C=O) groups excluding carboxylic acids is 1. The van der Waals surface area contributed by atoms with Crippen LogP contribution in [0.1, 0.15) is 12.5 Å². The van der Waals surface area contributed by atoms with Gasteiger partial charge in [-0.15, -0.1) is 0 Å². The Balaban J connectivity index is 2.93. The van der Waals surface area contributed by atoms with E-state index in [-0.39, 0.29) is 17.2 Å². The molecular formula is C11H9BrClFO2. The smallest absolute Gasteiger partial charge is 0.330 e. The van der Waals surface area contributed by atoms with Crippen LogP contribution in [-0.4, -0.2) is 12.6 Å². The van der Waals surface area contributed by atoms with E-state index in [1.165, 1.54) is 18.2 Å². The Hall–Kier alpha value is -0.870. The van der Waals surface area contributed by atoms with Crippen LogP contribution in [0, 0.1) is 5.82 Å². The maximum atomic E-state index is 13.4. The molecule has 0 aliphatic heterocycles. The van der Waals surface area contributed by atoms with E-state index < -0.39 is 11.8 Å². The van der Waals surface area contributed by atoms with Gasteiger partial charge in [-0.05, 0) is 25.1 Å². The molecule has 1 aromatic carbocycles. The Morgan fingerprint density at radius 1 is 1.62 bits per heavy atom. The molecule has 0 atom stereocenters. The standard InChI is InChI=1S/C11H9BrClFO2/c1-2-16-11(15)4-3-8-9(12)5-7(13)6-10(8)14/h3-6H,2H2,1H3. The van der Waals surface area contributed by atoms with E-state index in [9.17, 15) is 9.18 Å². The molecule has 0 unspecified atom stereocenters. The van der Waals surface area contributed by atoms with Crippen molar-refractivity contribution >= 4 is 39.6 Å². The van der Waals surface area contributed by atoms with Crippen LogP contribution in [0.4, 0.5) is 4.39 Å². The lowest BCUT2D eigenvalue weighted by atomic mass is 10.2. The van der Waals surface area contributed by atoms with Crippen LogP contribution >= 0.6 is 27.5 Å². The molecule has 0 fully saturated rings. The van der Waals surface area contributed by atoms with Gasteiger partial charge >= 0.3 is 5.97 Å². The van der Waals surface area contributed by atoms with Gasteiger partial charge in [-0.25, -0.2) is 9.18 Å². The van der Waals surface area contributed by atoms with Crippen LogP contribution < -0.4 is 0 Å². The number of hydrogen-bond acceptors (Lipinski definition) is 2. The van der Waals surface area contributed by atoms with Crippen molar-refractivity contribution in [3.63, 3.8) is 0 Å². The van der Waals surface area contributed by atoms with E-state index in [4.69, 9.17) is 11.6 Å².